The van der Waals surface area contributed by atoms with Crippen LogP contribution in [-0.4, -0.2) is 10.6 Å². The Morgan fingerprint density at radius 1 is 0.767 bits per heavy atom. The Balaban J connectivity index is 1.83. The number of aryl methyl sites for hydroxylation is 2. The molecule has 1 heterocycles. The second-order valence-electron chi connectivity index (χ2n) is 9.04. The highest BCUT2D eigenvalue weighted by molar-refractivity contribution is 7.73. The van der Waals surface area contributed by atoms with Gasteiger partial charge in [-0.15, -0.1) is 0 Å². The summed E-state index contributed by atoms with van der Waals surface area (Å²) in [5, 5.41) is 3.11. The van der Waals surface area contributed by atoms with Crippen LogP contribution in [0.15, 0.2) is 66.7 Å². The first kappa shape index (κ1) is 21.3. The van der Waals surface area contributed by atoms with Crippen LogP contribution in [0, 0.1) is 13.8 Å². The minimum absolute atomic E-state index is 0.439. The van der Waals surface area contributed by atoms with E-state index in [0.29, 0.717) is 17.5 Å². The van der Waals surface area contributed by atoms with E-state index in [-0.39, 0.29) is 0 Å². The Bertz CT molecular complexity index is 948. The van der Waals surface area contributed by atoms with Crippen molar-refractivity contribution in [2.24, 2.45) is 0 Å². The Labute approximate surface area is 183 Å². The van der Waals surface area contributed by atoms with Gasteiger partial charge in [-0.05, 0) is 80.1 Å². The summed E-state index contributed by atoms with van der Waals surface area (Å²) < 4.78 is 0. The second-order valence-corrected chi connectivity index (χ2v) is 11.4. The van der Waals surface area contributed by atoms with Crippen LogP contribution in [0.2, 0.25) is 0 Å². The SMILES string of the molecule is Cc1ccccc1P(c1ccccc1C)[C@H]1CCCC[C@H]1c1cccc(C(C)C)n1. The number of hydrogen-bond donors (Lipinski definition) is 0. The molecule has 0 amide bonds. The molecule has 0 unspecified atom stereocenters. The van der Waals surface area contributed by atoms with E-state index in [2.05, 4.69) is 94.4 Å². The monoisotopic (exact) mass is 415 g/mol. The van der Waals surface area contributed by atoms with E-state index in [4.69, 9.17) is 4.98 Å². The van der Waals surface area contributed by atoms with E-state index in [9.17, 15) is 0 Å². The average molecular weight is 416 g/mol. The molecule has 0 saturated heterocycles. The van der Waals surface area contributed by atoms with Crippen molar-refractivity contribution in [1.29, 1.82) is 0 Å². The predicted molar refractivity (Wildman–Crippen MR) is 132 cm³/mol. The van der Waals surface area contributed by atoms with Crippen molar-refractivity contribution in [1.82, 2.24) is 4.98 Å². The van der Waals surface area contributed by atoms with E-state index in [0.717, 1.165) is 0 Å². The number of rotatable bonds is 5. The highest BCUT2D eigenvalue weighted by Gasteiger charge is 2.36. The third-order valence-electron chi connectivity index (χ3n) is 6.57. The van der Waals surface area contributed by atoms with Crippen molar-refractivity contribution in [3.8, 4) is 0 Å². The van der Waals surface area contributed by atoms with Gasteiger partial charge < -0.3 is 0 Å². The molecule has 1 fully saturated rings. The number of hydrogen-bond acceptors (Lipinski definition) is 1. The van der Waals surface area contributed by atoms with Crippen LogP contribution < -0.4 is 10.6 Å². The summed E-state index contributed by atoms with van der Waals surface area (Å²) >= 11 is 0. The molecule has 1 aliphatic rings. The molecule has 156 valence electrons. The molecule has 0 N–H and O–H groups in total. The first-order chi connectivity index (χ1) is 14.6. The lowest BCUT2D eigenvalue weighted by Crippen LogP contribution is -2.31. The van der Waals surface area contributed by atoms with E-state index < -0.39 is 7.92 Å². The van der Waals surface area contributed by atoms with Gasteiger partial charge in [-0.1, -0.05) is 81.3 Å². The van der Waals surface area contributed by atoms with Gasteiger partial charge in [0, 0.05) is 17.3 Å². The lowest BCUT2D eigenvalue weighted by atomic mass is 9.86. The van der Waals surface area contributed by atoms with Crippen LogP contribution in [0.4, 0.5) is 0 Å². The summed E-state index contributed by atoms with van der Waals surface area (Å²) in [7, 11) is -0.439. The van der Waals surface area contributed by atoms with Crippen molar-refractivity contribution in [3.05, 3.63) is 89.2 Å². The average Bonchev–Trinajstić information content (AvgIpc) is 2.77. The maximum Gasteiger partial charge on any atom is 0.0444 e. The first-order valence-corrected chi connectivity index (χ1v) is 12.8. The third-order valence-corrected chi connectivity index (χ3v) is 9.90. The second kappa shape index (κ2) is 9.44. The van der Waals surface area contributed by atoms with Crippen LogP contribution in [0.25, 0.3) is 0 Å². The summed E-state index contributed by atoms with van der Waals surface area (Å²) in [6.45, 7) is 9.08. The van der Waals surface area contributed by atoms with E-state index in [1.807, 2.05) is 0 Å². The minimum Gasteiger partial charge on any atom is -0.257 e. The molecule has 2 atom stereocenters. The fraction of sp³-hybridized carbons (Fsp3) is 0.393. The van der Waals surface area contributed by atoms with Crippen molar-refractivity contribution in [2.75, 3.05) is 0 Å². The predicted octanol–water partition coefficient (Wildman–Crippen LogP) is 6.98. The first-order valence-electron chi connectivity index (χ1n) is 11.4. The van der Waals surface area contributed by atoms with Crippen LogP contribution in [-0.2, 0) is 0 Å². The fourth-order valence-electron chi connectivity index (χ4n) is 4.92. The number of benzene rings is 2. The van der Waals surface area contributed by atoms with Gasteiger partial charge in [0.25, 0.3) is 0 Å². The Hall–Kier alpha value is -1.98. The third kappa shape index (κ3) is 4.37. The lowest BCUT2D eigenvalue weighted by Gasteiger charge is -2.39. The maximum absolute atomic E-state index is 5.17. The molecule has 2 heteroatoms. The van der Waals surface area contributed by atoms with Gasteiger partial charge in [0.05, 0.1) is 0 Å². The zero-order chi connectivity index (χ0) is 21.1. The molecule has 0 spiro atoms. The normalized spacial score (nSPS) is 19.4. The van der Waals surface area contributed by atoms with E-state index in [1.54, 1.807) is 10.6 Å². The summed E-state index contributed by atoms with van der Waals surface area (Å²) in [6, 6.07) is 24.9. The lowest BCUT2D eigenvalue weighted by molar-refractivity contribution is 0.444. The number of aromatic nitrogens is 1. The van der Waals surface area contributed by atoms with Crippen molar-refractivity contribution in [2.45, 2.75) is 70.9 Å². The number of nitrogens with zero attached hydrogens (tertiary/aromatic N) is 1. The minimum atomic E-state index is -0.439. The molecule has 0 radical (unpaired) electrons. The van der Waals surface area contributed by atoms with Crippen LogP contribution in [0.1, 0.15) is 73.9 Å². The molecule has 1 aliphatic carbocycles. The van der Waals surface area contributed by atoms with Gasteiger partial charge in [0.2, 0.25) is 0 Å². The Morgan fingerprint density at radius 2 is 1.37 bits per heavy atom. The molecule has 1 nitrogen and oxygen atoms in total. The molecular formula is C28H34NP. The summed E-state index contributed by atoms with van der Waals surface area (Å²) in [5.74, 6) is 1.02. The molecule has 1 aromatic heterocycles. The molecule has 4 rings (SSSR count). The number of pyridine rings is 1. The zero-order valence-electron chi connectivity index (χ0n) is 18.8. The van der Waals surface area contributed by atoms with Crippen LogP contribution in [0.3, 0.4) is 0 Å². The molecule has 30 heavy (non-hydrogen) atoms. The molecular weight excluding hydrogens is 381 g/mol. The van der Waals surface area contributed by atoms with E-state index in [1.165, 1.54) is 48.2 Å². The summed E-state index contributed by atoms with van der Waals surface area (Å²) in [4.78, 5) is 5.17. The van der Waals surface area contributed by atoms with E-state index >= 15 is 0 Å². The van der Waals surface area contributed by atoms with Crippen LogP contribution >= 0.6 is 7.92 Å². The highest BCUT2D eigenvalue weighted by Crippen LogP contribution is 2.52. The molecule has 2 aromatic carbocycles. The largest absolute Gasteiger partial charge is 0.257 e. The fourth-order valence-corrected chi connectivity index (χ4v) is 8.40. The van der Waals surface area contributed by atoms with Gasteiger partial charge in [-0.25, -0.2) is 0 Å². The zero-order valence-corrected chi connectivity index (χ0v) is 19.7. The summed E-state index contributed by atoms with van der Waals surface area (Å²) in [6.07, 6.45) is 5.21. The van der Waals surface area contributed by atoms with Gasteiger partial charge in [-0.2, -0.15) is 0 Å². The smallest absolute Gasteiger partial charge is 0.0444 e. The van der Waals surface area contributed by atoms with Crippen molar-refractivity contribution < 1.29 is 0 Å². The molecule has 0 bridgehead atoms. The standard InChI is InChI=1S/C28H34NP/c1-20(2)24-15-11-16-25(29-24)23-14-7-10-19-28(23)30(26-17-8-5-12-21(26)3)27-18-9-6-13-22(27)4/h5-6,8-9,11-13,15-18,20,23,28H,7,10,14,19H2,1-4H3/t23-,28-/m0/s1. The van der Waals surface area contributed by atoms with Gasteiger partial charge in [0.1, 0.15) is 0 Å². The Morgan fingerprint density at radius 3 is 1.97 bits per heavy atom. The maximum atomic E-state index is 5.17. The Kier molecular flexibility index (Phi) is 6.69. The molecule has 0 aliphatic heterocycles. The van der Waals surface area contributed by atoms with Crippen molar-refractivity contribution in [3.63, 3.8) is 0 Å². The van der Waals surface area contributed by atoms with Gasteiger partial charge >= 0.3 is 0 Å². The van der Waals surface area contributed by atoms with Crippen molar-refractivity contribution >= 4 is 18.5 Å². The molecule has 1 saturated carbocycles. The molecule has 3 aromatic rings. The van der Waals surface area contributed by atoms with Gasteiger partial charge in [0.15, 0.2) is 0 Å². The topological polar surface area (TPSA) is 12.9 Å². The quantitative estimate of drug-likeness (QED) is 0.410. The van der Waals surface area contributed by atoms with Crippen LogP contribution in [0.5, 0.6) is 0 Å². The summed E-state index contributed by atoms with van der Waals surface area (Å²) in [5.41, 5.74) is 6.06. The van der Waals surface area contributed by atoms with Gasteiger partial charge in [-0.3, -0.25) is 4.98 Å². The highest BCUT2D eigenvalue weighted by atomic mass is 31.1.